The summed E-state index contributed by atoms with van der Waals surface area (Å²) in [7, 11) is 0. The van der Waals surface area contributed by atoms with Crippen LogP contribution in [0.1, 0.15) is 38.8 Å². The van der Waals surface area contributed by atoms with E-state index in [2.05, 4.69) is 41.2 Å². The van der Waals surface area contributed by atoms with Crippen LogP contribution < -0.4 is 10.1 Å². The van der Waals surface area contributed by atoms with Gasteiger partial charge in [0.05, 0.1) is 6.10 Å². The molecule has 3 nitrogen and oxygen atoms in total. The van der Waals surface area contributed by atoms with Crippen LogP contribution in [0.25, 0.3) is 0 Å². The van der Waals surface area contributed by atoms with Crippen molar-refractivity contribution in [3.8, 4) is 5.75 Å². The van der Waals surface area contributed by atoms with Gasteiger partial charge in [-0.25, -0.2) is 0 Å². The van der Waals surface area contributed by atoms with Gasteiger partial charge < -0.3 is 15.2 Å². The standard InChI is InChI=1S/C14H22BrNO2/c1-4-7-16-11(3)13-6-5-12(15)8-14(13)18-9-10(2)17/h5-6,8,10-11,16-17H,4,7,9H2,1-3H3. The monoisotopic (exact) mass is 315 g/mol. The maximum absolute atomic E-state index is 9.30. The normalized spacial score (nSPS) is 14.3. The van der Waals surface area contributed by atoms with Crippen molar-refractivity contribution >= 4 is 15.9 Å². The summed E-state index contributed by atoms with van der Waals surface area (Å²) in [5, 5.41) is 12.7. The first kappa shape index (κ1) is 15.5. The molecule has 1 rings (SSSR count). The molecule has 2 atom stereocenters. The van der Waals surface area contributed by atoms with Gasteiger partial charge in [-0.2, -0.15) is 0 Å². The maximum Gasteiger partial charge on any atom is 0.125 e. The average molecular weight is 316 g/mol. The first-order valence-corrected chi connectivity index (χ1v) is 7.17. The van der Waals surface area contributed by atoms with Crippen LogP contribution in [0, 0.1) is 0 Å². The van der Waals surface area contributed by atoms with E-state index in [0.717, 1.165) is 28.8 Å². The zero-order valence-corrected chi connectivity index (χ0v) is 12.8. The molecule has 0 radical (unpaired) electrons. The van der Waals surface area contributed by atoms with Gasteiger partial charge in [0, 0.05) is 16.1 Å². The molecule has 0 saturated heterocycles. The van der Waals surface area contributed by atoms with E-state index in [1.807, 2.05) is 12.1 Å². The van der Waals surface area contributed by atoms with Crippen LogP contribution in [0.5, 0.6) is 5.75 Å². The van der Waals surface area contributed by atoms with E-state index in [-0.39, 0.29) is 6.04 Å². The van der Waals surface area contributed by atoms with Crippen molar-refractivity contribution in [2.45, 2.75) is 39.3 Å². The SMILES string of the molecule is CCCNC(C)c1ccc(Br)cc1OCC(C)O. The molecule has 0 saturated carbocycles. The third-order valence-electron chi connectivity index (χ3n) is 2.62. The molecule has 102 valence electrons. The van der Waals surface area contributed by atoms with Crippen LogP contribution >= 0.6 is 15.9 Å². The van der Waals surface area contributed by atoms with Gasteiger partial charge in [0.2, 0.25) is 0 Å². The largest absolute Gasteiger partial charge is 0.491 e. The molecule has 0 fully saturated rings. The first-order valence-electron chi connectivity index (χ1n) is 6.38. The molecule has 2 N–H and O–H groups in total. The highest BCUT2D eigenvalue weighted by atomic mass is 79.9. The Kier molecular flexibility index (Phi) is 6.68. The van der Waals surface area contributed by atoms with Crippen LogP contribution in [-0.4, -0.2) is 24.4 Å². The maximum atomic E-state index is 9.30. The molecule has 1 aromatic carbocycles. The molecule has 1 aromatic rings. The number of ether oxygens (including phenoxy) is 1. The Hall–Kier alpha value is -0.580. The molecule has 4 heteroatoms. The Bertz CT molecular complexity index is 369. The minimum Gasteiger partial charge on any atom is -0.491 e. The van der Waals surface area contributed by atoms with Gasteiger partial charge in [0.25, 0.3) is 0 Å². The predicted molar refractivity (Wildman–Crippen MR) is 78.0 cm³/mol. The zero-order valence-electron chi connectivity index (χ0n) is 11.2. The summed E-state index contributed by atoms with van der Waals surface area (Å²) >= 11 is 3.44. The van der Waals surface area contributed by atoms with Crippen LogP contribution in [0.3, 0.4) is 0 Å². The molecule has 0 aromatic heterocycles. The third-order valence-corrected chi connectivity index (χ3v) is 3.12. The Balaban J connectivity index is 2.81. The average Bonchev–Trinajstić information content (AvgIpc) is 2.33. The number of hydrogen-bond acceptors (Lipinski definition) is 3. The summed E-state index contributed by atoms with van der Waals surface area (Å²) in [4.78, 5) is 0. The molecule has 0 bridgehead atoms. The van der Waals surface area contributed by atoms with E-state index in [0.29, 0.717) is 6.61 Å². The quantitative estimate of drug-likeness (QED) is 0.811. The van der Waals surface area contributed by atoms with Gasteiger partial charge in [0.1, 0.15) is 12.4 Å². The van der Waals surface area contributed by atoms with Gasteiger partial charge in [-0.15, -0.1) is 0 Å². The van der Waals surface area contributed by atoms with Crippen molar-refractivity contribution in [3.05, 3.63) is 28.2 Å². The highest BCUT2D eigenvalue weighted by Gasteiger charge is 2.12. The number of rotatable bonds is 7. The lowest BCUT2D eigenvalue weighted by Gasteiger charge is -2.19. The van der Waals surface area contributed by atoms with E-state index in [9.17, 15) is 5.11 Å². The number of nitrogens with one attached hydrogen (secondary N) is 1. The van der Waals surface area contributed by atoms with E-state index in [1.54, 1.807) is 6.92 Å². The zero-order chi connectivity index (χ0) is 13.5. The first-order chi connectivity index (χ1) is 8.54. The second-order valence-electron chi connectivity index (χ2n) is 4.52. The van der Waals surface area contributed by atoms with E-state index < -0.39 is 6.10 Å². The summed E-state index contributed by atoms with van der Waals surface area (Å²) in [6.45, 7) is 7.27. The fraction of sp³-hybridized carbons (Fsp3) is 0.571. The molecule has 0 aliphatic rings. The van der Waals surface area contributed by atoms with Crippen LogP contribution in [0.4, 0.5) is 0 Å². The fourth-order valence-electron chi connectivity index (χ4n) is 1.67. The summed E-state index contributed by atoms with van der Waals surface area (Å²) in [5.41, 5.74) is 1.12. The summed E-state index contributed by atoms with van der Waals surface area (Å²) in [5.74, 6) is 0.821. The van der Waals surface area contributed by atoms with Gasteiger partial charge in [-0.05, 0) is 38.9 Å². The molecule has 0 aliphatic carbocycles. The van der Waals surface area contributed by atoms with Crippen molar-refractivity contribution in [1.82, 2.24) is 5.32 Å². The van der Waals surface area contributed by atoms with E-state index >= 15 is 0 Å². The lowest BCUT2D eigenvalue weighted by molar-refractivity contribution is 0.121. The molecule has 0 spiro atoms. The summed E-state index contributed by atoms with van der Waals surface area (Å²) in [6.07, 6.45) is 0.640. The third kappa shape index (κ3) is 4.96. The predicted octanol–water partition coefficient (Wildman–Crippen LogP) is 3.27. The lowest BCUT2D eigenvalue weighted by Crippen LogP contribution is -2.21. The van der Waals surface area contributed by atoms with Gasteiger partial charge in [0.15, 0.2) is 0 Å². The van der Waals surface area contributed by atoms with Crippen LogP contribution in [0.15, 0.2) is 22.7 Å². The highest BCUT2D eigenvalue weighted by molar-refractivity contribution is 9.10. The smallest absolute Gasteiger partial charge is 0.125 e. The molecular formula is C14H22BrNO2. The number of halogens is 1. The van der Waals surface area contributed by atoms with Crippen molar-refractivity contribution in [2.75, 3.05) is 13.2 Å². The molecule has 0 aliphatic heterocycles. The van der Waals surface area contributed by atoms with E-state index in [1.165, 1.54) is 0 Å². The van der Waals surface area contributed by atoms with E-state index in [4.69, 9.17) is 4.74 Å². The molecular weight excluding hydrogens is 294 g/mol. The highest BCUT2D eigenvalue weighted by Crippen LogP contribution is 2.28. The molecule has 0 amide bonds. The minimum atomic E-state index is -0.462. The Morgan fingerprint density at radius 2 is 2.11 bits per heavy atom. The molecule has 2 unspecified atom stereocenters. The second-order valence-corrected chi connectivity index (χ2v) is 5.43. The number of aliphatic hydroxyl groups excluding tert-OH is 1. The van der Waals surface area contributed by atoms with Crippen molar-refractivity contribution in [2.24, 2.45) is 0 Å². The molecule has 18 heavy (non-hydrogen) atoms. The Morgan fingerprint density at radius 3 is 2.72 bits per heavy atom. The van der Waals surface area contributed by atoms with Gasteiger partial charge in [-0.1, -0.05) is 28.9 Å². The van der Waals surface area contributed by atoms with Crippen LogP contribution in [0.2, 0.25) is 0 Å². The van der Waals surface area contributed by atoms with Gasteiger partial charge in [-0.3, -0.25) is 0 Å². The second kappa shape index (κ2) is 7.77. The van der Waals surface area contributed by atoms with Gasteiger partial charge >= 0.3 is 0 Å². The van der Waals surface area contributed by atoms with Crippen LogP contribution in [-0.2, 0) is 0 Å². The summed E-state index contributed by atoms with van der Waals surface area (Å²) < 4.78 is 6.64. The summed E-state index contributed by atoms with van der Waals surface area (Å²) in [6, 6.07) is 6.24. The molecule has 0 heterocycles. The number of benzene rings is 1. The van der Waals surface area contributed by atoms with Crippen molar-refractivity contribution in [1.29, 1.82) is 0 Å². The fourth-order valence-corrected chi connectivity index (χ4v) is 2.01. The Labute approximate surface area is 118 Å². The Morgan fingerprint density at radius 1 is 1.39 bits per heavy atom. The van der Waals surface area contributed by atoms with Crippen molar-refractivity contribution < 1.29 is 9.84 Å². The number of hydrogen-bond donors (Lipinski definition) is 2. The minimum absolute atomic E-state index is 0.238. The lowest BCUT2D eigenvalue weighted by atomic mass is 10.1. The van der Waals surface area contributed by atoms with Crippen molar-refractivity contribution in [3.63, 3.8) is 0 Å². The number of aliphatic hydroxyl groups is 1. The topological polar surface area (TPSA) is 41.5 Å².